The molecular formula is C15H19ClN4O2S. The van der Waals surface area contributed by atoms with Crippen molar-refractivity contribution in [2.45, 2.75) is 13.2 Å². The first kappa shape index (κ1) is 17.5. The van der Waals surface area contributed by atoms with Gasteiger partial charge in [0.05, 0.1) is 18.1 Å². The second-order valence-electron chi connectivity index (χ2n) is 4.73. The first-order valence-corrected chi connectivity index (χ1v) is 7.90. The minimum Gasteiger partial charge on any atom is -0.471 e. The molecule has 0 saturated heterocycles. The molecule has 2 rings (SSSR count). The highest BCUT2D eigenvalue weighted by Gasteiger charge is 2.02. The van der Waals surface area contributed by atoms with Gasteiger partial charge in [0, 0.05) is 25.3 Å². The normalized spacial score (nSPS) is 10.3. The maximum Gasteiger partial charge on any atom is 0.180 e. The van der Waals surface area contributed by atoms with E-state index in [1.807, 2.05) is 18.3 Å². The molecule has 0 aliphatic rings. The number of halogens is 1. The van der Waals surface area contributed by atoms with E-state index in [1.165, 1.54) is 0 Å². The van der Waals surface area contributed by atoms with Crippen molar-refractivity contribution in [2.24, 2.45) is 0 Å². The fourth-order valence-corrected chi connectivity index (χ4v) is 2.19. The molecule has 6 nitrogen and oxygen atoms in total. The Morgan fingerprint density at radius 3 is 3.09 bits per heavy atom. The van der Waals surface area contributed by atoms with Crippen molar-refractivity contribution in [1.82, 2.24) is 15.1 Å². The van der Waals surface area contributed by atoms with E-state index < -0.39 is 0 Å². The molecule has 1 aromatic heterocycles. The Morgan fingerprint density at radius 2 is 2.30 bits per heavy atom. The second-order valence-corrected chi connectivity index (χ2v) is 5.57. The summed E-state index contributed by atoms with van der Waals surface area (Å²) in [4.78, 5) is 0. The van der Waals surface area contributed by atoms with E-state index in [0.717, 1.165) is 18.7 Å². The van der Waals surface area contributed by atoms with Gasteiger partial charge in [-0.2, -0.15) is 5.10 Å². The number of hydrogen-bond acceptors (Lipinski definition) is 4. The maximum absolute atomic E-state index is 5.91. The Kier molecular flexibility index (Phi) is 7.12. The number of hydrogen-bond donors (Lipinski definition) is 2. The van der Waals surface area contributed by atoms with Gasteiger partial charge in [-0.3, -0.25) is 0 Å². The molecule has 0 bridgehead atoms. The number of anilines is 1. The summed E-state index contributed by atoms with van der Waals surface area (Å²) in [5, 5.41) is 11.6. The van der Waals surface area contributed by atoms with Crippen molar-refractivity contribution in [3.05, 3.63) is 41.7 Å². The molecule has 0 amide bonds. The van der Waals surface area contributed by atoms with Crippen LogP contribution < -0.4 is 15.4 Å². The molecule has 0 atom stereocenters. The highest BCUT2D eigenvalue weighted by Crippen LogP contribution is 2.17. The molecule has 0 fully saturated rings. The fraction of sp³-hybridized carbons (Fsp3) is 0.333. The minimum atomic E-state index is 0.288. The number of rotatable bonds is 8. The summed E-state index contributed by atoms with van der Waals surface area (Å²) in [7, 11) is 1.68. The van der Waals surface area contributed by atoms with E-state index in [0.29, 0.717) is 22.5 Å². The Hall–Kier alpha value is -1.83. The highest BCUT2D eigenvalue weighted by molar-refractivity contribution is 7.80. The number of methoxy groups -OCH3 is 1. The summed E-state index contributed by atoms with van der Waals surface area (Å²) in [6, 6.07) is 7.23. The van der Waals surface area contributed by atoms with Gasteiger partial charge in [0.15, 0.2) is 11.8 Å². The smallest absolute Gasteiger partial charge is 0.180 e. The summed E-state index contributed by atoms with van der Waals surface area (Å²) in [5.41, 5.74) is 0.795. The Labute approximate surface area is 145 Å². The number of thiocarbonyl (C=S) groups is 1. The summed E-state index contributed by atoms with van der Waals surface area (Å²) in [6.45, 7) is 1.75. The molecule has 0 spiro atoms. The molecule has 2 aromatic rings. The average molecular weight is 355 g/mol. The Morgan fingerprint density at radius 1 is 1.43 bits per heavy atom. The van der Waals surface area contributed by atoms with E-state index in [-0.39, 0.29) is 6.73 Å². The number of aromatic nitrogens is 2. The van der Waals surface area contributed by atoms with Crippen LogP contribution >= 0.6 is 23.8 Å². The van der Waals surface area contributed by atoms with Gasteiger partial charge in [-0.1, -0.05) is 17.7 Å². The molecule has 8 heteroatoms. The van der Waals surface area contributed by atoms with Crippen LogP contribution in [0.1, 0.15) is 6.42 Å². The van der Waals surface area contributed by atoms with Crippen LogP contribution in [0.25, 0.3) is 0 Å². The van der Waals surface area contributed by atoms with Crippen LogP contribution in [0.5, 0.6) is 5.75 Å². The lowest BCUT2D eigenvalue weighted by molar-refractivity contribution is 0.196. The Bertz CT molecular complexity index is 635. The third-order valence-corrected chi connectivity index (χ3v) is 3.34. The van der Waals surface area contributed by atoms with Gasteiger partial charge in [-0.15, -0.1) is 0 Å². The van der Waals surface area contributed by atoms with Crippen molar-refractivity contribution >= 4 is 34.6 Å². The first-order valence-electron chi connectivity index (χ1n) is 7.12. The number of ether oxygens (including phenoxy) is 2. The molecule has 0 aliphatic heterocycles. The van der Waals surface area contributed by atoms with Gasteiger partial charge in [-0.05, 0) is 36.8 Å². The maximum atomic E-state index is 5.91. The van der Waals surface area contributed by atoms with Gasteiger partial charge in [0.2, 0.25) is 0 Å². The summed E-state index contributed by atoms with van der Waals surface area (Å²) >= 11 is 11.1. The second kappa shape index (κ2) is 9.34. The molecule has 0 radical (unpaired) electrons. The van der Waals surface area contributed by atoms with Crippen molar-refractivity contribution < 1.29 is 9.47 Å². The standard InChI is InChI=1S/C15H19ClN4O2S/c1-21-7-3-6-17-15(23)19-13-9-18-20(10-13)11-22-14-5-2-4-12(16)8-14/h2,4-5,8-10H,3,6-7,11H2,1H3,(H2,17,19,23). The van der Waals surface area contributed by atoms with Gasteiger partial charge < -0.3 is 20.1 Å². The fourth-order valence-electron chi connectivity index (χ4n) is 1.79. The molecule has 23 heavy (non-hydrogen) atoms. The topological polar surface area (TPSA) is 60.3 Å². The van der Waals surface area contributed by atoms with Gasteiger partial charge in [0.25, 0.3) is 0 Å². The third kappa shape index (κ3) is 6.43. The monoisotopic (exact) mass is 354 g/mol. The van der Waals surface area contributed by atoms with Crippen LogP contribution in [0.2, 0.25) is 5.02 Å². The highest BCUT2D eigenvalue weighted by atomic mass is 35.5. The summed E-state index contributed by atoms with van der Waals surface area (Å²) in [6.07, 6.45) is 4.39. The molecule has 1 aromatic carbocycles. The zero-order valence-corrected chi connectivity index (χ0v) is 14.4. The van der Waals surface area contributed by atoms with Crippen LogP contribution in [0, 0.1) is 0 Å². The molecule has 0 unspecified atom stereocenters. The molecule has 2 N–H and O–H groups in total. The van der Waals surface area contributed by atoms with Gasteiger partial charge in [0.1, 0.15) is 5.75 Å². The summed E-state index contributed by atoms with van der Waals surface area (Å²) in [5.74, 6) is 0.692. The molecule has 0 aliphatic carbocycles. The van der Waals surface area contributed by atoms with Crippen LogP contribution in [0.3, 0.4) is 0 Å². The zero-order chi connectivity index (χ0) is 16.5. The van der Waals surface area contributed by atoms with Crippen molar-refractivity contribution in [3.63, 3.8) is 0 Å². The van der Waals surface area contributed by atoms with E-state index in [2.05, 4.69) is 15.7 Å². The van der Waals surface area contributed by atoms with Crippen LogP contribution in [0.15, 0.2) is 36.7 Å². The van der Waals surface area contributed by atoms with Crippen LogP contribution in [-0.4, -0.2) is 35.2 Å². The predicted molar refractivity (Wildman–Crippen MR) is 95.0 cm³/mol. The van der Waals surface area contributed by atoms with Crippen molar-refractivity contribution in [2.75, 3.05) is 25.6 Å². The van der Waals surface area contributed by atoms with E-state index in [9.17, 15) is 0 Å². The minimum absolute atomic E-state index is 0.288. The van der Waals surface area contributed by atoms with E-state index in [4.69, 9.17) is 33.3 Å². The number of nitrogens with one attached hydrogen (secondary N) is 2. The zero-order valence-electron chi connectivity index (χ0n) is 12.8. The van der Waals surface area contributed by atoms with E-state index in [1.54, 1.807) is 30.1 Å². The molecule has 124 valence electrons. The third-order valence-electron chi connectivity index (χ3n) is 2.86. The first-order chi connectivity index (χ1) is 11.2. The largest absolute Gasteiger partial charge is 0.471 e. The lowest BCUT2D eigenvalue weighted by atomic mass is 10.3. The molecular weight excluding hydrogens is 336 g/mol. The average Bonchev–Trinajstić information content (AvgIpc) is 2.97. The van der Waals surface area contributed by atoms with Crippen LogP contribution in [-0.2, 0) is 11.5 Å². The summed E-state index contributed by atoms with van der Waals surface area (Å²) < 4.78 is 12.2. The van der Waals surface area contributed by atoms with Crippen LogP contribution in [0.4, 0.5) is 5.69 Å². The molecule has 1 heterocycles. The molecule has 0 saturated carbocycles. The van der Waals surface area contributed by atoms with E-state index >= 15 is 0 Å². The quantitative estimate of drug-likeness (QED) is 0.561. The van der Waals surface area contributed by atoms with Gasteiger partial charge >= 0.3 is 0 Å². The van der Waals surface area contributed by atoms with Crippen molar-refractivity contribution in [3.8, 4) is 5.75 Å². The predicted octanol–water partition coefficient (Wildman–Crippen LogP) is 2.90. The lowest BCUT2D eigenvalue weighted by Gasteiger charge is -2.08. The van der Waals surface area contributed by atoms with Crippen molar-refractivity contribution in [1.29, 1.82) is 0 Å². The Balaban J connectivity index is 1.75. The lowest BCUT2D eigenvalue weighted by Crippen LogP contribution is -2.29. The number of benzene rings is 1. The SMILES string of the molecule is COCCCNC(=S)Nc1cnn(COc2cccc(Cl)c2)c1. The number of nitrogens with zero attached hydrogens (tertiary/aromatic N) is 2. The van der Waals surface area contributed by atoms with Gasteiger partial charge in [-0.25, -0.2) is 4.68 Å².